The molecular formula is C16H20N2S. The molecule has 0 aliphatic heterocycles. The van der Waals surface area contributed by atoms with Crippen LogP contribution in [0.4, 0.5) is 5.69 Å². The summed E-state index contributed by atoms with van der Waals surface area (Å²) in [7, 11) is 0. The standard InChI is InChI=1S/C16H20N2S/c1-11-12(2)19-16(18-11)10-17-15-9-5-7-13-6-3-4-8-14(13)15/h5,7,9,17H,3-4,6,8,10H2,1-2H3. The first kappa shape index (κ1) is 12.7. The van der Waals surface area contributed by atoms with E-state index in [1.54, 1.807) is 11.3 Å². The van der Waals surface area contributed by atoms with E-state index in [1.165, 1.54) is 52.4 Å². The molecule has 0 spiro atoms. The first-order chi connectivity index (χ1) is 9.24. The van der Waals surface area contributed by atoms with Gasteiger partial charge in [-0.15, -0.1) is 11.3 Å². The van der Waals surface area contributed by atoms with Gasteiger partial charge in [-0.1, -0.05) is 12.1 Å². The van der Waals surface area contributed by atoms with Crippen molar-refractivity contribution in [3.05, 3.63) is 44.9 Å². The number of benzene rings is 1. The number of nitrogens with one attached hydrogen (secondary N) is 1. The molecule has 0 fully saturated rings. The first-order valence-corrected chi connectivity index (χ1v) is 7.83. The van der Waals surface area contributed by atoms with Crippen molar-refractivity contribution in [1.82, 2.24) is 4.98 Å². The summed E-state index contributed by atoms with van der Waals surface area (Å²) in [5.41, 5.74) is 5.53. The van der Waals surface area contributed by atoms with Gasteiger partial charge in [0.1, 0.15) is 5.01 Å². The Morgan fingerprint density at radius 3 is 2.84 bits per heavy atom. The SMILES string of the molecule is Cc1nc(CNc2cccc3c2CCCC3)sc1C. The van der Waals surface area contributed by atoms with Gasteiger partial charge in [0.2, 0.25) is 0 Å². The first-order valence-electron chi connectivity index (χ1n) is 7.01. The zero-order valence-electron chi connectivity index (χ0n) is 11.6. The normalized spacial score (nSPS) is 14.2. The highest BCUT2D eigenvalue weighted by Gasteiger charge is 2.13. The lowest BCUT2D eigenvalue weighted by Gasteiger charge is -2.19. The largest absolute Gasteiger partial charge is 0.378 e. The predicted octanol–water partition coefficient (Wildman–Crippen LogP) is 4.25. The van der Waals surface area contributed by atoms with Crippen molar-refractivity contribution in [2.75, 3.05) is 5.32 Å². The summed E-state index contributed by atoms with van der Waals surface area (Å²) in [6, 6.07) is 6.65. The molecular weight excluding hydrogens is 252 g/mol. The van der Waals surface area contributed by atoms with Crippen molar-refractivity contribution in [3.8, 4) is 0 Å². The monoisotopic (exact) mass is 272 g/mol. The van der Waals surface area contributed by atoms with Crippen LogP contribution in [0.15, 0.2) is 18.2 Å². The number of aromatic nitrogens is 1. The number of aryl methyl sites for hydroxylation is 3. The molecule has 1 heterocycles. The molecule has 0 bridgehead atoms. The van der Waals surface area contributed by atoms with Gasteiger partial charge in [-0.05, 0) is 56.7 Å². The second-order valence-corrected chi connectivity index (χ2v) is 6.54. The number of hydrogen-bond donors (Lipinski definition) is 1. The van der Waals surface area contributed by atoms with Crippen LogP contribution in [0.25, 0.3) is 0 Å². The van der Waals surface area contributed by atoms with Crippen molar-refractivity contribution in [2.45, 2.75) is 46.1 Å². The molecule has 1 aliphatic carbocycles. The molecule has 0 saturated heterocycles. The minimum Gasteiger partial charge on any atom is -0.378 e. The minimum atomic E-state index is 0.843. The van der Waals surface area contributed by atoms with Gasteiger partial charge >= 0.3 is 0 Å². The topological polar surface area (TPSA) is 24.9 Å². The van der Waals surface area contributed by atoms with Gasteiger partial charge in [0.05, 0.1) is 12.2 Å². The van der Waals surface area contributed by atoms with Crippen LogP contribution in [0.2, 0.25) is 0 Å². The number of fused-ring (bicyclic) bond motifs is 1. The lowest BCUT2D eigenvalue weighted by Crippen LogP contribution is -2.08. The lowest BCUT2D eigenvalue weighted by molar-refractivity contribution is 0.686. The Kier molecular flexibility index (Phi) is 3.56. The molecule has 1 aromatic carbocycles. The molecule has 3 rings (SSSR count). The smallest absolute Gasteiger partial charge is 0.112 e. The fraction of sp³-hybridized carbons (Fsp3) is 0.438. The third kappa shape index (κ3) is 2.66. The number of thiazole rings is 1. The van der Waals surface area contributed by atoms with E-state index in [0.717, 1.165) is 12.2 Å². The van der Waals surface area contributed by atoms with Gasteiger partial charge in [-0.2, -0.15) is 0 Å². The second kappa shape index (κ2) is 5.33. The Labute approximate surface area is 118 Å². The van der Waals surface area contributed by atoms with Gasteiger partial charge in [0.15, 0.2) is 0 Å². The summed E-state index contributed by atoms with van der Waals surface area (Å²) in [6.45, 7) is 5.07. The Morgan fingerprint density at radius 2 is 2.05 bits per heavy atom. The fourth-order valence-corrected chi connectivity index (χ4v) is 3.61. The number of anilines is 1. The molecule has 0 amide bonds. The highest BCUT2D eigenvalue weighted by atomic mass is 32.1. The highest BCUT2D eigenvalue weighted by Crippen LogP contribution is 2.28. The summed E-state index contributed by atoms with van der Waals surface area (Å²) in [5.74, 6) is 0. The molecule has 2 nitrogen and oxygen atoms in total. The van der Waals surface area contributed by atoms with Gasteiger partial charge in [0, 0.05) is 10.6 Å². The van der Waals surface area contributed by atoms with Crippen molar-refractivity contribution < 1.29 is 0 Å². The summed E-state index contributed by atoms with van der Waals surface area (Å²) in [6.07, 6.45) is 5.11. The van der Waals surface area contributed by atoms with Gasteiger partial charge < -0.3 is 5.32 Å². The molecule has 1 N–H and O–H groups in total. The Morgan fingerprint density at radius 1 is 1.21 bits per heavy atom. The van der Waals surface area contributed by atoms with Crippen LogP contribution in [0.5, 0.6) is 0 Å². The van der Waals surface area contributed by atoms with Crippen molar-refractivity contribution >= 4 is 17.0 Å². The van der Waals surface area contributed by atoms with E-state index in [9.17, 15) is 0 Å². The zero-order chi connectivity index (χ0) is 13.2. The van der Waals surface area contributed by atoms with Crippen molar-refractivity contribution in [2.24, 2.45) is 0 Å². The van der Waals surface area contributed by atoms with Gasteiger partial charge in [0.25, 0.3) is 0 Å². The Balaban J connectivity index is 1.76. The van der Waals surface area contributed by atoms with Crippen LogP contribution < -0.4 is 5.32 Å². The van der Waals surface area contributed by atoms with Crippen LogP contribution >= 0.6 is 11.3 Å². The van der Waals surface area contributed by atoms with E-state index >= 15 is 0 Å². The molecule has 1 aromatic heterocycles. The van der Waals surface area contributed by atoms with Crippen LogP contribution in [0, 0.1) is 13.8 Å². The average Bonchev–Trinajstić information content (AvgIpc) is 2.75. The molecule has 2 aromatic rings. The molecule has 0 radical (unpaired) electrons. The van der Waals surface area contributed by atoms with E-state index in [4.69, 9.17) is 0 Å². The maximum atomic E-state index is 4.59. The minimum absolute atomic E-state index is 0.843. The molecule has 100 valence electrons. The molecule has 0 saturated carbocycles. The summed E-state index contributed by atoms with van der Waals surface area (Å²) in [4.78, 5) is 5.92. The van der Waals surface area contributed by atoms with Crippen LogP contribution in [-0.4, -0.2) is 4.98 Å². The van der Waals surface area contributed by atoms with Crippen molar-refractivity contribution in [3.63, 3.8) is 0 Å². The van der Waals surface area contributed by atoms with Crippen LogP contribution in [0.3, 0.4) is 0 Å². The average molecular weight is 272 g/mol. The van der Waals surface area contributed by atoms with Crippen LogP contribution in [0.1, 0.15) is 39.5 Å². The lowest BCUT2D eigenvalue weighted by atomic mass is 9.90. The molecule has 0 atom stereocenters. The van der Waals surface area contributed by atoms with E-state index in [2.05, 4.69) is 42.3 Å². The third-order valence-electron chi connectivity index (χ3n) is 3.90. The summed E-state index contributed by atoms with van der Waals surface area (Å²) in [5, 5.41) is 4.76. The molecule has 1 aliphatic rings. The Bertz CT molecular complexity index is 567. The maximum Gasteiger partial charge on any atom is 0.112 e. The van der Waals surface area contributed by atoms with Crippen molar-refractivity contribution in [1.29, 1.82) is 0 Å². The van der Waals surface area contributed by atoms with Crippen LogP contribution in [-0.2, 0) is 19.4 Å². The number of nitrogens with zero attached hydrogens (tertiary/aromatic N) is 1. The maximum absolute atomic E-state index is 4.59. The van der Waals surface area contributed by atoms with E-state index in [0.29, 0.717) is 0 Å². The second-order valence-electron chi connectivity index (χ2n) is 5.25. The highest BCUT2D eigenvalue weighted by molar-refractivity contribution is 7.11. The molecule has 3 heteroatoms. The third-order valence-corrected chi connectivity index (χ3v) is 4.97. The number of rotatable bonds is 3. The summed E-state index contributed by atoms with van der Waals surface area (Å²) >= 11 is 1.80. The molecule has 19 heavy (non-hydrogen) atoms. The fourth-order valence-electron chi connectivity index (χ4n) is 2.73. The van der Waals surface area contributed by atoms with E-state index in [1.807, 2.05) is 0 Å². The predicted molar refractivity (Wildman–Crippen MR) is 82.0 cm³/mol. The van der Waals surface area contributed by atoms with Gasteiger partial charge in [-0.25, -0.2) is 4.98 Å². The Hall–Kier alpha value is -1.35. The molecule has 0 unspecified atom stereocenters. The summed E-state index contributed by atoms with van der Waals surface area (Å²) < 4.78 is 0. The zero-order valence-corrected chi connectivity index (χ0v) is 12.4. The van der Waals surface area contributed by atoms with Gasteiger partial charge in [-0.3, -0.25) is 0 Å². The van der Waals surface area contributed by atoms with E-state index < -0.39 is 0 Å². The van der Waals surface area contributed by atoms with E-state index in [-0.39, 0.29) is 0 Å². The quantitative estimate of drug-likeness (QED) is 0.903. The number of hydrogen-bond acceptors (Lipinski definition) is 3.